The van der Waals surface area contributed by atoms with Gasteiger partial charge in [0.15, 0.2) is 0 Å². The fourth-order valence-electron chi connectivity index (χ4n) is 2.74. The minimum absolute atomic E-state index is 0.655. The molecular weight excluding hydrogens is 234 g/mol. The number of likely N-dealkylation sites (tertiary alicyclic amines) is 1. The average molecular weight is 257 g/mol. The molecule has 0 aliphatic carbocycles. The summed E-state index contributed by atoms with van der Waals surface area (Å²) in [7, 11) is 4.14. The Morgan fingerprint density at radius 1 is 1.21 bits per heavy atom. The Morgan fingerprint density at radius 2 is 1.84 bits per heavy atom. The van der Waals surface area contributed by atoms with E-state index in [9.17, 15) is 0 Å². The van der Waals surface area contributed by atoms with Crippen molar-refractivity contribution in [1.82, 2.24) is 4.90 Å². The van der Waals surface area contributed by atoms with Crippen LogP contribution in [-0.2, 0) is 0 Å². The SMILES string of the molecule is CN(C)c1ccc(C2CCN(CCC#N)CC2)cc1. The third kappa shape index (κ3) is 3.71. The summed E-state index contributed by atoms with van der Waals surface area (Å²) >= 11 is 0. The second kappa shape index (κ2) is 6.58. The van der Waals surface area contributed by atoms with E-state index in [1.165, 1.54) is 24.1 Å². The number of nitriles is 1. The lowest BCUT2D eigenvalue weighted by atomic mass is 9.89. The zero-order valence-corrected chi connectivity index (χ0v) is 12.0. The van der Waals surface area contributed by atoms with Gasteiger partial charge in [0.2, 0.25) is 0 Å². The van der Waals surface area contributed by atoms with Crippen LogP contribution in [0.1, 0.15) is 30.7 Å². The Balaban J connectivity index is 1.89. The number of hydrogen-bond acceptors (Lipinski definition) is 3. The maximum atomic E-state index is 8.62. The van der Waals surface area contributed by atoms with E-state index in [0.29, 0.717) is 12.3 Å². The summed E-state index contributed by atoms with van der Waals surface area (Å²) in [4.78, 5) is 4.54. The molecule has 2 rings (SSSR count). The standard InChI is InChI=1S/C16H23N3/c1-18(2)16-6-4-14(5-7-16)15-8-12-19(13-9-15)11-3-10-17/h4-7,15H,3,8-9,11-13H2,1-2H3. The van der Waals surface area contributed by atoms with Gasteiger partial charge in [-0.25, -0.2) is 0 Å². The van der Waals surface area contributed by atoms with Crippen LogP contribution in [0.4, 0.5) is 5.69 Å². The predicted molar refractivity (Wildman–Crippen MR) is 79.4 cm³/mol. The minimum Gasteiger partial charge on any atom is -0.378 e. The molecule has 0 N–H and O–H groups in total. The van der Waals surface area contributed by atoms with E-state index in [4.69, 9.17) is 5.26 Å². The molecule has 1 aromatic carbocycles. The Labute approximate surface area is 116 Å². The molecule has 102 valence electrons. The molecule has 0 radical (unpaired) electrons. The zero-order valence-electron chi connectivity index (χ0n) is 12.0. The molecular formula is C16H23N3. The molecule has 19 heavy (non-hydrogen) atoms. The van der Waals surface area contributed by atoms with Gasteiger partial charge >= 0.3 is 0 Å². The molecule has 1 aromatic rings. The highest BCUT2D eigenvalue weighted by Gasteiger charge is 2.20. The minimum atomic E-state index is 0.655. The van der Waals surface area contributed by atoms with E-state index in [-0.39, 0.29) is 0 Å². The van der Waals surface area contributed by atoms with E-state index in [2.05, 4.69) is 54.2 Å². The van der Waals surface area contributed by atoms with Gasteiger partial charge in [-0.15, -0.1) is 0 Å². The van der Waals surface area contributed by atoms with E-state index in [0.717, 1.165) is 19.6 Å². The summed E-state index contributed by atoms with van der Waals surface area (Å²) in [6.45, 7) is 3.19. The van der Waals surface area contributed by atoms with Crippen molar-refractivity contribution in [3.05, 3.63) is 29.8 Å². The molecule has 1 aliphatic heterocycles. The zero-order chi connectivity index (χ0) is 13.7. The van der Waals surface area contributed by atoms with Crippen LogP contribution in [0.15, 0.2) is 24.3 Å². The summed E-state index contributed by atoms with van der Waals surface area (Å²) in [5, 5.41) is 8.62. The van der Waals surface area contributed by atoms with Gasteiger partial charge in [0.1, 0.15) is 0 Å². The molecule has 0 atom stereocenters. The Hall–Kier alpha value is -1.53. The van der Waals surface area contributed by atoms with E-state index in [1.807, 2.05) is 0 Å². The highest BCUT2D eigenvalue weighted by atomic mass is 15.1. The first-order valence-electron chi connectivity index (χ1n) is 7.07. The molecule has 3 heteroatoms. The van der Waals surface area contributed by atoms with E-state index in [1.54, 1.807) is 0 Å². The highest BCUT2D eigenvalue weighted by Crippen LogP contribution is 2.29. The summed E-state index contributed by atoms with van der Waals surface area (Å²) in [5.74, 6) is 0.689. The Kier molecular flexibility index (Phi) is 4.81. The van der Waals surface area contributed by atoms with Gasteiger partial charge < -0.3 is 9.80 Å². The van der Waals surface area contributed by atoms with Gasteiger partial charge in [0.25, 0.3) is 0 Å². The molecule has 0 spiro atoms. The smallest absolute Gasteiger partial charge is 0.0635 e. The molecule has 3 nitrogen and oxygen atoms in total. The average Bonchev–Trinajstić information content (AvgIpc) is 2.46. The lowest BCUT2D eigenvalue weighted by Crippen LogP contribution is -2.33. The Morgan fingerprint density at radius 3 is 2.37 bits per heavy atom. The summed E-state index contributed by atoms with van der Waals surface area (Å²) in [6.07, 6.45) is 3.08. The topological polar surface area (TPSA) is 30.3 Å². The van der Waals surface area contributed by atoms with Gasteiger partial charge in [0, 0.05) is 32.7 Å². The number of hydrogen-bond donors (Lipinski definition) is 0. The van der Waals surface area contributed by atoms with E-state index < -0.39 is 0 Å². The number of rotatable bonds is 4. The summed E-state index contributed by atoms with van der Waals surface area (Å²) < 4.78 is 0. The molecule has 1 aliphatic rings. The van der Waals surface area contributed by atoms with Crippen LogP contribution in [0, 0.1) is 11.3 Å². The van der Waals surface area contributed by atoms with Crippen molar-refractivity contribution in [3.8, 4) is 6.07 Å². The molecule has 0 saturated carbocycles. The van der Waals surface area contributed by atoms with Crippen molar-refractivity contribution in [2.75, 3.05) is 38.6 Å². The van der Waals surface area contributed by atoms with Crippen LogP contribution in [0.3, 0.4) is 0 Å². The van der Waals surface area contributed by atoms with Gasteiger partial charge in [0.05, 0.1) is 6.07 Å². The van der Waals surface area contributed by atoms with Crippen LogP contribution < -0.4 is 4.90 Å². The van der Waals surface area contributed by atoms with Crippen LogP contribution in [0.25, 0.3) is 0 Å². The van der Waals surface area contributed by atoms with Crippen LogP contribution >= 0.6 is 0 Å². The first kappa shape index (κ1) is 13.9. The van der Waals surface area contributed by atoms with Crippen LogP contribution in [0.2, 0.25) is 0 Å². The number of nitrogens with zero attached hydrogens (tertiary/aromatic N) is 3. The lowest BCUT2D eigenvalue weighted by molar-refractivity contribution is 0.216. The second-order valence-corrected chi connectivity index (χ2v) is 5.51. The molecule has 0 aromatic heterocycles. The fraction of sp³-hybridized carbons (Fsp3) is 0.562. The Bertz CT molecular complexity index is 422. The van der Waals surface area contributed by atoms with Gasteiger partial charge in [-0.2, -0.15) is 5.26 Å². The fourth-order valence-corrected chi connectivity index (χ4v) is 2.74. The van der Waals surface area contributed by atoms with Crippen molar-refractivity contribution in [2.45, 2.75) is 25.2 Å². The van der Waals surface area contributed by atoms with Gasteiger partial charge in [-0.3, -0.25) is 0 Å². The van der Waals surface area contributed by atoms with Crippen molar-refractivity contribution in [2.24, 2.45) is 0 Å². The number of benzene rings is 1. The third-order valence-electron chi connectivity index (χ3n) is 4.01. The largest absolute Gasteiger partial charge is 0.378 e. The normalized spacial score (nSPS) is 17.1. The number of anilines is 1. The molecule has 1 heterocycles. The molecule has 0 bridgehead atoms. The van der Waals surface area contributed by atoms with Crippen molar-refractivity contribution in [1.29, 1.82) is 5.26 Å². The number of piperidine rings is 1. The highest BCUT2D eigenvalue weighted by molar-refractivity contribution is 5.46. The van der Waals surface area contributed by atoms with Crippen molar-refractivity contribution < 1.29 is 0 Å². The molecule has 1 saturated heterocycles. The van der Waals surface area contributed by atoms with Crippen molar-refractivity contribution in [3.63, 3.8) is 0 Å². The predicted octanol–water partition coefficient (Wildman–Crippen LogP) is 2.85. The quantitative estimate of drug-likeness (QED) is 0.831. The summed E-state index contributed by atoms with van der Waals surface area (Å²) in [6, 6.07) is 11.2. The van der Waals surface area contributed by atoms with Crippen LogP contribution in [0.5, 0.6) is 0 Å². The molecule has 0 unspecified atom stereocenters. The first-order valence-corrected chi connectivity index (χ1v) is 7.07. The molecule has 1 fully saturated rings. The maximum Gasteiger partial charge on any atom is 0.0635 e. The van der Waals surface area contributed by atoms with Crippen LogP contribution in [-0.4, -0.2) is 38.6 Å². The van der Waals surface area contributed by atoms with Crippen molar-refractivity contribution >= 4 is 5.69 Å². The van der Waals surface area contributed by atoms with E-state index >= 15 is 0 Å². The van der Waals surface area contributed by atoms with Gasteiger partial charge in [-0.1, -0.05) is 12.1 Å². The van der Waals surface area contributed by atoms with Gasteiger partial charge in [-0.05, 0) is 49.5 Å². The molecule has 0 amide bonds. The summed E-state index contributed by atoms with van der Waals surface area (Å²) in [5.41, 5.74) is 2.72. The lowest BCUT2D eigenvalue weighted by Gasteiger charge is -2.31. The third-order valence-corrected chi connectivity index (χ3v) is 4.01. The monoisotopic (exact) mass is 257 g/mol. The maximum absolute atomic E-state index is 8.62. The first-order chi connectivity index (χ1) is 9.20. The second-order valence-electron chi connectivity index (χ2n) is 5.51.